The molecule has 7 N–H and O–H groups in total. The van der Waals surface area contributed by atoms with E-state index < -0.39 is 12.0 Å². The van der Waals surface area contributed by atoms with Crippen LogP contribution in [0.15, 0.2) is 48.5 Å². The number of phenols is 2. The molecule has 1 atom stereocenters. The molecule has 0 fully saturated rings. The Balaban J connectivity index is 0.000000257. The Labute approximate surface area is 144 Å². The zero-order chi connectivity index (χ0) is 18.8. The highest BCUT2D eigenvalue weighted by molar-refractivity contribution is 5.73. The van der Waals surface area contributed by atoms with Crippen LogP contribution in [-0.2, 0) is 17.6 Å². The summed E-state index contributed by atoms with van der Waals surface area (Å²) in [6.07, 6.45) is 0.761. The molecule has 0 amide bonds. The highest BCUT2D eigenvalue weighted by atomic mass is 16.8. The summed E-state index contributed by atoms with van der Waals surface area (Å²) < 4.78 is 0. The van der Waals surface area contributed by atoms with Gasteiger partial charge in [-0.2, -0.15) is 0 Å². The van der Waals surface area contributed by atoms with Crippen LogP contribution in [0.5, 0.6) is 11.5 Å². The molecule has 2 aromatic rings. The van der Waals surface area contributed by atoms with Crippen molar-refractivity contribution in [1.29, 1.82) is 0 Å². The van der Waals surface area contributed by atoms with E-state index in [0.717, 1.165) is 11.1 Å². The summed E-state index contributed by atoms with van der Waals surface area (Å²) in [5.74, 6) is -1.46. The Morgan fingerprint density at radius 3 is 2.12 bits per heavy atom. The van der Waals surface area contributed by atoms with Crippen LogP contribution in [0.2, 0.25) is 0 Å². The number of nitrogens with zero attached hydrogens (tertiary/aromatic N) is 1. The van der Waals surface area contributed by atoms with Crippen LogP contribution in [0.4, 0.5) is 0 Å². The van der Waals surface area contributed by atoms with Gasteiger partial charge in [-0.15, -0.1) is 0 Å². The first-order valence-corrected chi connectivity index (χ1v) is 7.49. The SMILES string of the molecule is NCCc1ccc(O)c(O)c1.O=C(O)C(Cc1ccccc1)N(O)O. The number of nitrogens with two attached hydrogens (primary N) is 1. The van der Waals surface area contributed by atoms with Crippen molar-refractivity contribution in [2.75, 3.05) is 6.54 Å². The van der Waals surface area contributed by atoms with Gasteiger partial charge in [-0.3, -0.25) is 15.2 Å². The van der Waals surface area contributed by atoms with Crippen molar-refractivity contribution in [3.05, 3.63) is 59.7 Å². The maximum Gasteiger partial charge on any atom is 0.326 e. The third-order valence-electron chi connectivity index (χ3n) is 3.31. The van der Waals surface area contributed by atoms with Crippen LogP contribution in [-0.4, -0.2) is 49.5 Å². The molecule has 0 aliphatic carbocycles. The first-order valence-electron chi connectivity index (χ1n) is 7.49. The topological polar surface area (TPSA) is 147 Å². The van der Waals surface area contributed by atoms with Gasteiger partial charge in [0.15, 0.2) is 17.5 Å². The summed E-state index contributed by atoms with van der Waals surface area (Å²) in [5, 5.41) is 43.6. The number of hydroxylamine groups is 2. The molecule has 8 heteroatoms. The Morgan fingerprint density at radius 1 is 1.00 bits per heavy atom. The van der Waals surface area contributed by atoms with E-state index in [2.05, 4.69) is 0 Å². The van der Waals surface area contributed by atoms with Gasteiger partial charge in [0.2, 0.25) is 0 Å². The number of rotatable bonds is 6. The molecular weight excluding hydrogens is 328 g/mol. The fourth-order valence-electron chi connectivity index (χ4n) is 2.00. The van der Waals surface area contributed by atoms with E-state index in [9.17, 15) is 4.79 Å². The van der Waals surface area contributed by atoms with Gasteiger partial charge in [0, 0.05) is 6.42 Å². The van der Waals surface area contributed by atoms with Crippen LogP contribution in [0.25, 0.3) is 0 Å². The third kappa shape index (κ3) is 7.19. The number of hydrogen-bond donors (Lipinski definition) is 6. The van der Waals surface area contributed by atoms with Crippen molar-refractivity contribution in [1.82, 2.24) is 5.23 Å². The molecule has 2 rings (SSSR count). The lowest BCUT2D eigenvalue weighted by Gasteiger charge is -2.15. The number of carboxylic acid groups (broad SMARTS) is 1. The molecule has 0 aromatic heterocycles. The molecule has 8 nitrogen and oxygen atoms in total. The Bertz CT molecular complexity index is 663. The van der Waals surface area contributed by atoms with Crippen molar-refractivity contribution in [2.45, 2.75) is 18.9 Å². The van der Waals surface area contributed by atoms with Gasteiger partial charge in [-0.05, 0) is 36.2 Å². The molecule has 2 aromatic carbocycles. The molecule has 0 aliphatic heterocycles. The van der Waals surface area contributed by atoms with Crippen LogP contribution >= 0.6 is 0 Å². The average molecular weight is 350 g/mol. The second kappa shape index (κ2) is 10.3. The first-order chi connectivity index (χ1) is 11.8. The summed E-state index contributed by atoms with van der Waals surface area (Å²) in [6.45, 7) is 0.546. The number of aliphatic carboxylic acids is 1. The zero-order valence-corrected chi connectivity index (χ0v) is 13.5. The molecule has 0 radical (unpaired) electrons. The van der Waals surface area contributed by atoms with E-state index in [-0.39, 0.29) is 23.1 Å². The predicted molar refractivity (Wildman–Crippen MR) is 89.5 cm³/mol. The maximum atomic E-state index is 10.6. The molecule has 0 saturated carbocycles. The Kier molecular flexibility index (Phi) is 8.37. The highest BCUT2D eigenvalue weighted by Gasteiger charge is 2.23. The molecule has 0 bridgehead atoms. The fraction of sp³-hybridized carbons (Fsp3) is 0.235. The second-order valence-corrected chi connectivity index (χ2v) is 5.23. The molecule has 136 valence electrons. The van der Waals surface area contributed by atoms with Crippen molar-refractivity contribution < 1.29 is 30.5 Å². The predicted octanol–water partition coefficient (Wildman–Crippen LogP) is 1.36. The summed E-state index contributed by atoms with van der Waals surface area (Å²) in [5.41, 5.74) is 6.97. The minimum Gasteiger partial charge on any atom is -0.504 e. The van der Waals surface area contributed by atoms with Gasteiger partial charge in [0.1, 0.15) is 0 Å². The van der Waals surface area contributed by atoms with Gasteiger partial charge in [0.25, 0.3) is 0 Å². The quantitative estimate of drug-likeness (QED) is 0.338. The summed E-state index contributed by atoms with van der Waals surface area (Å²) in [6, 6.07) is 12.1. The minimum atomic E-state index is -1.34. The molecule has 25 heavy (non-hydrogen) atoms. The van der Waals surface area contributed by atoms with E-state index in [1.54, 1.807) is 36.4 Å². The number of hydrogen-bond acceptors (Lipinski definition) is 7. The van der Waals surface area contributed by atoms with Gasteiger partial charge < -0.3 is 21.1 Å². The van der Waals surface area contributed by atoms with Gasteiger partial charge in [-0.1, -0.05) is 41.6 Å². The summed E-state index contributed by atoms with van der Waals surface area (Å²) >= 11 is 0. The number of carbonyl (C=O) groups is 1. The summed E-state index contributed by atoms with van der Waals surface area (Å²) in [4.78, 5) is 10.6. The zero-order valence-electron chi connectivity index (χ0n) is 13.5. The lowest BCUT2D eigenvalue weighted by molar-refractivity contribution is -0.327. The monoisotopic (exact) mass is 350 g/mol. The van der Waals surface area contributed by atoms with Crippen molar-refractivity contribution in [3.8, 4) is 11.5 Å². The highest BCUT2D eigenvalue weighted by Crippen LogP contribution is 2.24. The number of aromatic hydroxyl groups is 2. The van der Waals surface area contributed by atoms with Gasteiger partial charge >= 0.3 is 5.97 Å². The Morgan fingerprint density at radius 2 is 1.64 bits per heavy atom. The molecule has 0 heterocycles. The maximum absolute atomic E-state index is 10.6. The van der Waals surface area contributed by atoms with Crippen LogP contribution in [0.1, 0.15) is 11.1 Å². The molecule has 0 spiro atoms. The normalized spacial score (nSPS) is 11.5. The Hall–Kier alpha value is -2.65. The van der Waals surface area contributed by atoms with E-state index in [4.69, 9.17) is 31.5 Å². The molecule has 0 aliphatic rings. The number of phenolic OH excluding ortho intramolecular Hbond substituents is 2. The molecule has 1 unspecified atom stereocenters. The molecular formula is C17H22N2O6. The van der Waals surface area contributed by atoms with Crippen molar-refractivity contribution in [2.24, 2.45) is 5.73 Å². The second-order valence-electron chi connectivity index (χ2n) is 5.23. The summed E-state index contributed by atoms with van der Waals surface area (Å²) in [7, 11) is 0. The molecule has 0 saturated heterocycles. The van der Waals surface area contributed by atoms with Crippen LogP contribution in [0.3, 0.4) is 0 Å². The minimum absolute atomic E-state index is 0.0448. The lowest BCUT2D eigenvalue weighted by atomic mass is 10.1. The fourth-order valence-corrected chi connectivity index (χ4v) is 2.00. The number of benzene rings is 2. The van der Waals surface area contributed by atoms with Crippen molar-refractivity contribution in [3.63, 3.8) is 0 Å². The standard InChI is InChI=1S/C9H11NO4.C8H11NO2/c11-9(12)8(10(13)14)6-7-4-2-1-3-5-7;9-4-3-6-1-2-7(10)8(11)5-6/h1-5,8,13-14H,6H2,(H,11,12);1-2,5,10-11H,3-4,9H2. The van der Waals surface area contributed by atoms with E-state index in [1.807, 2.05) is 0 Å². The third-order valence-corrected chi connectivity index (χ3v) is 3.31. The van der Waals surface area contributed by atoms with E-state index in [0.29, 0.717) is 13.0 Å². The van der Waals surface area contributed by atoms with Gasteiger partial charge in [0.05, 0.1) is 0 Å². The largest absolute Gasteiger partial charge is 0.504 e. The lowest BCUT2D eigenvalue weighted by Crippen LogP contribution is -2.38. The van der Waals surface area contributed by atoms with Gasteiger partial charge in [-0.25, -0.2) is 0 Å². The number of carboxylic acids is 1. The van der Waals surface area contributed by atoms with Crippen molar-refractivity contribution >= 4 is 5.97 Å². The smallest absolute Gasteiger partial charge is 0.326 e. The first kappa shape index (κ1) is 20.4. The van der Waals surface area contributed by atoms with Crippen LogP contribution < -0.4 is 5.73 Å². The van der Waals surface area contributed by atoms with E-state index >= 15 is 0 Å². The van der Waals surface area contributed by atoms with E-state index in [1.165, 1.54) is 12.1 Å². The van der Waals surface area contributed by atoms with Crippen LogP contribution in [0, 0.1) is 0 Å². The average Bonchev–Trinajstić information content (AvgIpc) is 2.57.